The summed E-state index contributed by atoms with van der Waals surface area (Å²) in [6, 6.07) is 4.10. The van der Waals surface area contributed by atoms with Crippen molar-refractivity contribution < 1.29 is 9.53 Å². The van der Waals surface area contributed by atoms with Crippen LogP contribution in [0.25, 0.3) is 0 Å². The van der Waals surface area contributed by atoms with Crippen LogP contribution in [0.1, 0.15) is 29.0 Å². The Hall–Kier alpha value is -0.520. The van der Waals surface area contributed by atoms with Gasteiger partial charge in [0.25, 0.3) is 0 Å². The Kier molecular flexibility index (Phi) is 8.95. The zero-order chi connectivity index (χ0) is 13.9. The summed E-state index contributed by atoms with van der Waals surface area (Å²) < 4.78 is 4.66. The lowest BCUT2D eigenvalue weighted by Crippen LogP contribution is -2.13. The van der Waals surface area contributed by atoms with E-state index in [4.69, 9.17) is 0 Å². The van der Waals surface area contributed by atoms with Crippen LogP contribution < -0.4 is 5.32 Å². The Morgan fingerprint density at radius 1 is 1.32 bits per heavy atom. The van der Waals surface area contributed by atoms with E-state index in [1.54, 1.807) is 11.3 Å². The van der Waals surface area contributed by atoms with Gasteiger partial charge < -0.3 is 10.1 Å². The third-order valence-electron chi connectivity index (χ3n) is 2.76. The Balaban J connectivity index is 2.11. The summed E-state index contributed by atoms with van der Waals surface area (Å²) in [5, 5.41) is 3.45. The summed E-state index contributed by atoms with van der Waals surface area (Å²) in [6.07, 6.45) is 6.38. The highest BCUT2D eigenvalue weighted by atomic mass is 32.2. The molecule has 0 aliphatic heterocycles. The Labute approximate surface area is 124 Å². The molecule has 19 heavy (non-hydrogen) atoms. The van der Waals surface area contributed by atoms with Gasteiger partial charge in [0.1, 0.15) is 0 Å². The van der Waals surface area contributed by atoms with Crippen molar-refractivity contribution in [2.75, 3.05) is 25.7 Å². The maximum absolute atomic E-state index is 11.1. The molecule has 1 heterocycles. The number of nitrogens with one attached hydrogen (secondary N) is 1. The smallest absolute Gasteiger partial charge is 0.310 e. The normalized spacial score (nSPS) is 10.6. The molecule has 0 unspecified atom stereocenters. The number of carbonyl (C=O) groups excluding carboxylic acids is 1. The van der Waals surface area contributed by atoms with Crippen LogP contribution in [0.15, 0.2) is 12.1 Å². The molecule has 0 spiro atoms. The number of unbranched alkanes of at least 4 members (excludes halogenated alkanes) is 2. The minimum absolute atomic E-state index is 0.171. The molecule has 1 rings (SSSR count). The lowest BCUT2D eigenvalue weighted by molar-refractivity contribution is -0.139. The molecule has 0 amide bonds. The van der Waals surface area contributed by atoms with Crippen molar-refractivity contribution in [2.24, 2.45) is 0 Å². The van der Waals surface area contributed by atoms with Crippen molar-refractivity contribution in [2.45, 2.75) is 32.2 Å². The van der Waals surface area contributed by atoms with Crippen LogP contribution in [0.2, 0.25) is 0 Å². The van der Waals surface area contributed by atoms with Crippen molar-refractivity contribution >= 4 is 29.1 Å². The summed E-state index contributed by atoms with van der Waals surface area (Å²) in [5.74, 6) is 1.09. The summed E-state index contributed by atoms with van der Waals surface area (Å²) in [4.78, 5) is 13.5. The molecule has 0 aromatic carbocycles. The number of hydrogen-bond donors (Lipinski definition) is 1. The average molecular weight is 301 g/mol. The van der Waals surface area contributed by atoms with E-state index in [1.807, 2.05) is 17.8 Å². The number of methoxy groups -OCH3 is 1. The van der Waals surface area contributed by atoms with E-state index < -0.39 is 0 Å². The SMILES string of the molecule is COC(=O)Cc1ccc(CNCCCCCSC)s1. The van der Waals surface area contributed by atoms with E-state index in [-0.39, 0.29) is 5.97 Å². The van der Waals surface area contributed by atoms with E-state index in [1.165, 1.54) is 37.0 Å². The lowest BCUT2D eigenvalue weighted by Gasteiger charge is -2.02. The van der Waals surface area contributed by atoms with E-state index in [0.717, 1.165) is 18.0 Å². The molecule has 1 aromatic heterocycles. The molecule has 0 saturated heterocycles. The molecule has 5 heteroatoms. The molecule has 1 aromatic rings. The molecule has 0 aliphatic rings. The summed E-state index contributed by atoms with van der Waals surface area (Å²) in [5.41, 5.74) is 0. The van der Waals surface area contributed by atoms with Crippen LogP contribution in [0.5, 0.6) is 0 Å². The van der Waals surface area contributed by atoms with Gasteiger partial charge in [-0.2, -0.15) is 11.8 Å². The van der Waals surface area contributed by atoms with Gasteiger partial charge in [-0.25, -0.2) is 0 Å². The average Bonchev–Trinajstić information content (AvgIpc) is 2.85. The quantitative estimate of drug-likeness (QED) is 0.532. The van der Waals surface area contributed by atoms with Gasteiger partial charge in [0.2, 0.25) is 0 Å². The fraction of sp³-hybridized carbons (Fsp3) is 0.643. The fourth-order valence-electron chi connectivity index (χ4n) is 1.71. The summed E-state index contributed by atoms with van der Waals surface area (Å²) in [7, 11) is 1.43. The second-order valence-electron chi connectivity index (χ2n) is 4.35. The first kappa shape index (κ1) is 16.5. The van der Waals surface area contributed by atoms with Gasteiger partial charge in [0, 0.05) is 16.3 Å². The molecule has 3 nitrogen and oxygen atoms in total. The zero-order valence-electron chi connectivity index (χ0n) is 11.7. The molecule has 0 aliphatic carbocycles. The van der Waals surface area contributed by atoms with Crippen molar-refractivity contribution in [3.8, 4) is 0 Å². The van der Waals surface area contributed by atoms with Gasteiger partial charge >= 0.3 is 5.97 Å². The number of thiophene rings is 1. The molecule has 0 fully saturated rings. The molecular formula is C14H23NO2S2. The maximum Gasteiger partial charge on any atom is 0.310 e. The highest BCUT2D eigenvalue weighted by Gasteiger charge is 2.05. The first-order chi connectivity index (χ1) is 9.26. The molecule has 108 valence electrons. The van der Waals surface area contributed by atoms with Gasteiger partial charge in [0.05, 0.1) is 13.5 Å². The molecular weight excluding hydrogens is 278 g/mol. The third kappa shape index (κ3) is 7.60. The molecule has 0 saturated carbocycles. The Morgan fingerprint density at radius 3 is 2.84 bits per heavy atom. The molecule has 0 atom stereocenters. The minimum atomic E-state index is -0.171. The van der Waals surface area contributed by atoms with Crippen LogP contribution in [-0.4, -0.2) is 31.6 Å². The maximum atomic E-state index is 11.1. The van der Waals surface area contributed by atoms with Gasteiger partial charge in [0.15, 0.2) is 0 Å². The zero-order valence-corrected chi connectivity index (χ0v) is 13.4. The van der Waals surface area contributed by atoms with E-state index >= 15 is 0 Å². The Morgan fingerprint density at radius 2 is 2.11 bits per heavy atom. The van der Waals surface area contributed by atoms with Crippen LogP contribution >= 0.6 is 23.1 Å². The molecule has 0 bridgehead atoms. The largest absolute Gasteiger partial charge is 0.469 e. The standard InChI is InChI=1S/C14H23NO2S2/c1-17-14(16)10-12-6-7-13(19-12)11-15-8-4-3-5-9-18-2/h6-7,15H,3-5,8-11H2,1-2H3. The molecule has 1 N–H and O–H groups in total. The van der Waals surface area contributed by atoms with Gasteiger partial charge in [-0.05, 0) is 43.5 Å². The highest BCUT2D eigenvalue weighted by Crippen LogP contribution is 2.17. The van der Waals surface area contributed by atoms with Crippen LogP contribution in [-0.2, 0) is 22.5 Å². The predicted octanol–water partition coefficient (Wildman–Crippen LogP) is 3.09. The molecule has 0 radical (unpaired) electrons. The number of ether oxygens (including phenoxy) is 1. The van der Waals surface area contributed by atoms with Gasteiger partial charge in [-0.1, -0.05) is 6.42 Å². The van der Waals surface area contributed by atoms with E-state index in [2.05, 4.69) is 22.4 Å². The number of esters is 1. The topological polar surface area (TPSA) is 38.3 Å². The second kappa shape index (κ2) is 10.3. The highest BCUT2D eigenvalue weighted by molar-refractivity contribution is 7.98. The van der Waals surface area contributed by atoms with Crippen molar-refractivity contribution in [1.82, 2.24) is 5.32 Å². The second-order valence-corrected chi connectivity index (χ2v) is 6.59. The van der Waals surface area contributed by atoms with E-state index in [9.17, 15) is 4.79 Å². The predicted molar refractivity (Wildman–Crippen MR) is 84.0 cm³/mol. The van der Waals surface area contributed by atoms with Gasteiger partial charge in [-0.15, -0.1) is 11.3 Å². The summed E-state index contributed by atoms with van der Waals surface area (Å²) in [6.45, 7) is 1.97. The Bertz CT molecular complexity index is 366. The minimum Gasteiger partial charge on any atom is -0.469 e. The van der Waals surface area contributed by atoms with E-state index in [0.29, 0.717) is 6.42 Å². The number of carbonyl (C=O) groups is 1. The first-order valence-electron chi connectivity index (χ1n) is 6.60. The fourth-order valence-corrected chi connectivity index (χ4v) is 3.18. The van der Waals surface area contributed by atoms with Gasteiger partial charge in [-0.3, -0.25) is 4.79 Å². The lowest BCUT2D eigenvalue weighted by atomic mass is 10.2. The first-order valence-corrected chi connectivity index (χ1v) is 8.81. The van der Waals surface area contributed by atoms with Crippen LogP contribution in [0, 0.1) is 0 Å². The van der Waals surface area contributed by atoms with Crippen molar-refractivity contribution in [3.05, 3.63) is 21.9 Å². The van der Waals surface area contributed by atoms with Crippen molar-refractivity contribution in [3.63, 3.8) is 0 Å². The number of hydrogen-bond acceptors (Lipinski definition) is 5. The van der Waals surface area contributed by atoms with Crippen LogP contribution in [0.4, 0.5) is 0 Å². The monoisotopic (exact) mass is 301 g/mol. The van der Waals surface area contributed by atoms with Crippen molar-refractivity contribution in [1.29, 1.82) is 0 Å². The van der Waals surface area contributed by atoms with Crippen LogP contribution in [0.3, 0.4) is 0 Å². The third-order valence-corrected chi connectivity index (χ3v) is 4.55. The number of rotatable bonds is 10. The number of thioether (sulfide) groups is 1. The summed E-state index contributed by atoms with van der Waals surface area (Å²) >= 11 is 3.60.